The van der Waals surface area contributed by atoms with Crippen molar-refractivity contribution < 1.29 is 28.8 Å². The predicted octanol–water partition coefficient (Wildman–Crippen LogP) is 3.94. The molecule has 2 aromatic rings. The van der Waals surface area contributed by atoms with Crippen molar-refractivity contribution in [3.63, 3.8) is 0 Å². The second-order valence-electron chi connectivity index (χ2n) is 7.36. The van der Waals surface area contributed by atoms with Gasteiger partial charge in [-0.1, -0.05) is 32.1 Å². The average Bonchev–Trinajstić information content (AvgIpc) is 3.17. The fraction of sp³-hybridized carbons (Fsp3) is 0.524. The zero-order valence-electron chi connectivity index (χ0n) is 17.4. The van der Waals surface area contributed by atoms with E-state index >= 15 is 0 Å². The number of rotatable bonds is 11. The van der Waals surface area contributed by atoms with Gasteiger partial charge in [-0.25, -0.2) is 4.79 Å². The molecule has 0 unspecified atom stereocenters. The van der Waals surface area contributed by atoms with Crippen molar-refractivity contribution in [2.75, 3.05) is 33.1 Å². The Kier molecular flexibility index (Phi) is 7.92. The second kappa shape index (κ2) is 10.8. The van der Waals surface area contributed by atoms with E-state index in [1.807, 2.05) is 6.07 Å². The molecule has 1 aliphatic carbocycles. The lowest BCUT2D eigenvalue weighted by Crippen LogP contribution is -2.10. The first-order valence-electron chi connectivity index (χ1n) is 10.1. The summed E-state index contributed by atoms with van der Waals surface area (Å²) >= 11 is 0. The largest absolute Gasteiger partial charge is 0.477 e. The molecule has 0 aliphatic heterocycles. The van der Waals surface area contributed by atoms with Crippen LogP contribution in [-0.2, 0) is 15.9 Å². The molecule has 3 rings (SSSR count). The van der Waals surface area contributed by atoms with E-state index < -0.39 is 5.97 Å². The lowest BCUT2D eigenvalue weighted by Gasteiger charge is -2.20. The van der Waals surface area contributed by atoms with Gasteiger partial charge in [0.25, 0.3) is 0 Å². The molecule has 1 aromatic carbocycles. The number of hydrogen-bond acceptors (Lipinski definition) is 7. The van der Waals surface area contributed by atoms with E-state index in [9.17, 15) is 9.90 Å². The minimum Gasteiger partial charge on any atom is -0.477 e. The molecule has 3 N–H and O–H groups in total. The van der Waals surface area contributed by atoms with E-state index in [1.165, 1.54) is 52.4 Å². The van der Waals surface area contributed by atoms with E-state index in [0.29, 0.717) is 23.2 Å². The van der Waals surface area contributed by atoms with Gasteiger partial charge in [-0.05, 0) is 12.3 Å². The molecular weight excluding hydrogens is 390 g/mol. The number of carboxylic acids is 1. The van der Waals surface area contributed by atoms with Crippen LogP contribution in [0.25, 0.3) is 0 Å². The summed E-state index contributed by atoms with van der Waals surface area (Å²) in [6.45, 7) is -0.0752. The number of aromatic carboxylic acids is 1. The van der Waals surface area contributed by atoms with Gasteiger partial charge in [-0.15, -0.1) is 0 Å². The third kappa shape index (κ3) is 5.87. The number of hydrogen-bond donors (Lipinski definition) is 3. The highest BCUT2D eigenvalue weighted by atomic mass is 16.7. The molecule has 0 atom stereocenters. The van der Waals surface area contributed by atoms with Crippen molar-refractivity contribution in [1.29, 1.82) is 0 Å². The third-order valence-corrected chi connectivity index (χ3v) is 5.09. The fourth-order valence-electron chi connectivity index (χ4n) is 3.72. The number of aromatic amines is 1. The Morgan fingerprint density at radius 3 is 2.57 bits per heavy atom. The fourth-order valence-corrected chi connectivity index (χ4v) is 3.72. The summed E-state index contributed by atoms with van der Waals surface area (Å²) in [7, 11) is 2.97. The Morgan fingerprint density at radius 2 is 1.87 bits per heavy atom. The Labute approximate surface area is 175 Å². The first-order valence-corrected chi connectivity index (χ1v) is 10.1. The number of nitrogens with zero attached hydrogens (tertiary/aromatic N) is 1. The third-order valence-electron chi connectivity index (χ3n) is 5.09. The molecule has 0 bridgehead atoms. The Bertz CT molecular complexity index is 832. The van der Waals surface area contributed by atoms with Gasteiger partial charge in [0.15, 0.2) is 13.6 Å². The Balaban J connectivity index is 1.82. The smallest absolute Gasteiger partial charge is 0.341 e. The SMILES string of the molecule is COCOc1cc(Nc2cc(CC3CCCCC3)n[nH]2)c(C(=O)O)c(OCOC)c1. The zero-order chi connectivity index (χ0) is 21.3. The molecule has 0 amide bonds. The van der Waals surface area contributed by atoms with Crippen molar-refractivity contribution in [1.82, 2.24) is 10.2 Å². The van der Waals surface area contributed by atoms with E-state index in [1.54, 1.807) is 6.07 Å². The molecule has 1 saturated carbocycles. The molecule has 0 spiro atoms. The van der Waals surface area contributed by atoms with Gasteiger partial charge in [0.1, 0.15) is 22.9 Å². The predicted molar refractivity (Wildman–Crippen MR) is 111 cm³/mol. The van der Waals surface area contributed by atoms with E-state index in [0.717, 1.165) is 12.1 Å². The van der Waals surface area contributed by atoms with Gasteiger partial charge in [0, 0.05) is 32.4 Å². The molecule has 1 heterocycles. The first-order chi connectivity index (χ1) is 14.6. The minimum absolute atomic E-state index is 0.0190. The summed E-state index contributed by atoms with van der Waals surface area (Å²) in [5, 5.41) is 20.2. The molecule has 1 aromatic heterocycles. The maximum Gasteiger partial charge on any atom is 0.341 e. The zero-order valence-corrected chi connectivity index (χ0v) is 17.4. The average molecular weight is 419 g/mol. The number of benzene rings is 1. The van der Waals surface area contributed by atoms with Gasteiger partial charge in [0.05, 0.1) is 11.4 Å². The number of anilines is 2. The Morgan fingerprint density at radius 1 is 1.13 bits per heavy atom. The van der Waals surface area contributed by atoms with Crippen LogP contribution in [0.1, 0.15) is 48.2 Å². The van der Waals surface area contributed by atoms with Gasteiger partial charge in [0.2, 0.25) is 0 Å². The summed E-state index contributed by atoms with van der Waals surface area (Å²) in [5.74, 6) is 0.651. The topological polar surface area (TPSA) is 115 Å². The molecule has 30 heavy (non-hydrogen) atoms. The summed E-state index contributed by atoms with van der Waals surface area (Å²) in [6.07, 6.45) is 7.26. The first kappa shape index (κ1) is 21.9. The van der Waals surface area contributed by atoms with Gasteiger partial charge < -0.3 is 29.4 Å². The van der Waals surface area contributed by atoms with Crippen molar-refractivity contribution in [3.05, 3.63) is 29.5 Å². The monoisotopic (exact) mass is 419 g/mol. The van der Waals surface area contributed by atoms with E-state index in [4.69, 9.17) is 18.9 Å². The number of H-pyrrole nitrogens is 1. The number of aromatic nitrogens is 2. The van der Waals surface area contributed by atoms with Crippen LogP contribution < -0.4 is 14.8 Å². The van der Waals surface area contributed by atoms with Gasteiger partial charge in [-0.3, -0.25) is 5.10 Å². The van der Waals surface area contributed by atoms with Gasteiger partial charge in [-0.2, -0.15) is 5.10 Å². The van der Waals surface area contributed by atoms with Crippen LogP contribution in [-0.4, -0.2) is 49.1 Å². The lowest BCUT2D eigenvalue weighted by atomic mass is 9.86. The standard InChI is InChI=1S/C21H29N3O6/c1-27-12-29-16-10-17(20(21(25)26)18(11-16)30-13-28-2)22-19-9-15(23-24-19)8-14-6-4-3-5-7-14/h9-11,14H,3-8,12-13H2,1-2H3,(H,25,26)(H2,22,23,24). The Hall–Kier alpha value is -2.78. The maximum absolute atomic E-state index is 11.9. The molecule has 1 fully saturated rings. The van der Waals surface area contributed by atoms with Gasteiger partial charge >= 0.3 is 5.97 Å². The number of nitrogens with one attached hydrogen (secondary N) is 2. The van der Waals surface area contributed by atoms with Crippen molar-refractivity contribution in [2.45, 2.75) is 38.5 Å². The van der Waals surface area contributed by atoms with Crippen molar-refractivity contribution in [2.24, 2.45) is 5.92 Å². The van der Waals surface area contributed by atoms with Crippen LogP contribution in [0.5, 0.6) is 11.5 Å². The second-order valence-corrected chi connectivity index (χ2v) is 7.36. The molecular formula is C21H29N3O6. The summed E-state index contributed by atoms with van der Waals surface area (Å²) in [5.41, 5.74) is 1.25. The van der Waals surface area contributed by atoms with Crippen LogP contribution in [0.2, 0.25) is 0 Å². The van der Waals surface area contributed by atoms with Crippen LogP contribution in [0.3, 0.4) is 0 Å². The van der Waals surface area contributed by atoms with E-state index in [-0.39, 0.29) is 24.9 Å². The number of ether oxygens (including phenoxy) is 4. The summed E-state index contributed by atoms with van der Waals surface area (Å²) < 4.78 is 20.8. The van der Waals surface area contributed by atoms with Crippen LogP contribution in [0.4, 0.5) is 11.5 Å². The van der Waals surface area contributed by atoms with Crippen molar-refractivity contribution >= 4 is 17.5 Å². The molecule has 9 nitrogen and oxygen atoms in total. The number of methoxy groups -OCH3 is 2. The van der Waals surface area contributed by atoms with Crippen LogP contribution >= 0.6 is 0 Å². The maximum atomic E-state index is 11.9. The summed E-state index contributed by atoms with van der Waals surface area (Å²) in [6, 6.07) is 5.00. The summed E-state index contributed by atoms with van der Waals surface area (Å²) in [4.78, 5) is 11.9. The van der Waals surface area contributed by atoms with Crippen LogP contribution in [0.15, 0.2) is 18.2 Å². The quantitative estimate of drug-likeness (QED) is 0.469. The number of carboxylic acid groups (broad SMARTS) is 1. The van der Waals surface area contributed by atoms with Crippen molar-refractivity contribution in [3.8, 4) is 11.5 Å². The minimum atomic E-state index is -1.14. The lowest BCUT2D eigenvalue weighted by molar-refractivity contribution is 0.0447. The molecule has 9 heteroatoms. The highest BCUT2D eigenvalue weighted by Gasteiger charge is 2.21. The highest BCUT2D eigenvalue weighted by Crippen LogP contribution is 2.35. The normalized spacial score (nSPS) is 14.5. The molecule has 0 saturated heterocycles. The van der Waals surface area contributed by atoms with Crippen LogP contribution in [0, 0.1) is 5.92 Å². The molecule has 1 aliphatic rings. The number of carbonyl (C=O) groups is 1. The highest BCUT2D eigenvalue weighted by molar-refractivity contribution is 5.98. The van der Waals surface area contributed by atoms with E-state index in [2.05, 4.69) is 15.5 Å². The molecule has 164 valence electrons. The molecule has 0 radical (unpaired) electrons.